The molecular formula is C12H22N2O3. The molecule has 0 radical (unpaired) electrons. The predicted octanol–water partition coefficient (Wildman–Crippen LogP) is 0.444. The van der Waals surface area contributed by atoms with Crippen molar-refractivity contribution in [1.29, 1.82) is 0 Å². The number of amides is 1. The maximum Gasteiger partial charge on any atom is 0.328 e. The van der Waals surface area contributed by atoms with Crippen molar-refractivity contribution < 1.29 is 14.3 Å². The summed E-state index contributed by atoms with van der Waals surface area (Å²) in [7, 11) is 1.33. The van der Waals surface area contributed by atoms with Crippen LogP contribution >= 0.6 is 0 Å². The summed E-state index contributed by atoms with van der Waals surface area (Å²) in [6.45, 7) is 3.90. The molecule has 2 atom stereocenters. The lowest BCUT2D eigenvalue weighted by Gasteiger charge is -2.15. The van der Waals surface area contributed by atoms with Crippen LogP contribution in [-0.2, 0) is 14.3 Å². The van der Waals surface area contributed by atoms with Crippen molar-refractivity contribution in [3.05, 3.63) is 0 Å². The fourth-order valence-corrected chi connectivity index (χ4v) is 2.03. The molecule has 5 nitrogen and oxygen atoms in total. The van der Waals surface area contributed by atoms with Gasteiger partial charge in [-0.25, -0.2) is 4.79 Å². The Morgan fingerprint density at radius 2 is 2.29 bits per heavy atom. The van der Waals surface area contributed by atoms with Crippen LogP contribution in [-0.4, -0.2) is 38.1 Å². The summed E-state index contributed by atoms with van der Waals surface area (Å²) in [6.07, 6.45) is 3.07. The highest BCUT2D eigenvalue weighted by molar-refractivity contribution is 5.84. The molecule has 1 rings (SSSR count). The fraction of sp³-hybridized carbons (Fsp3) is 0.833. The molecule has 1 saturated heterocycles. The van der Waals surface area contributed by atoms with E-state index in [0.717, 1.165) is 25.9 Å². The van der Waals surface area contributed by atoms with Gasteiger partial charge in [0.1, 0.15) is 6.04 Å². The van der Waals surface area contributed by atoms with Crippen molar-refractivity contribution in [2.75, 3.05) is 20.2 Å². The molecule has 1 aliphatic heterocycles. The van der Waals surface area contributed by atoms with Crippen LogP contribution in [0.4, 0.5) is 0 Å². The third kappa shape index (κ3) is 4.73. The standard InChI is InChI=1S/C12H22N2O3/c1-3-10(12(16)17-2)14-11(15)5-4-9-6-7-13-8-9/h9-10,13H,3-8H2,1-2H3,(H,14,15). The van der Waals surface area contributed by atoms with Crippen LogP contribution in [0.3, 0.4) is 0 Å². The molecule has 0 aromatic heterocycles. The molecule has 98 valence electrons. The van der Waals surface area contributed by atoms with Crippen molar-refractivity contribution in [2.24, 2.45) is 5.92 Å². The number of methoxy groups -OCH3 is 1. The Kier molecular flexibility index (Phi) is 5.97. The second-order valence-electron chi connectivity index (χ2n) is 4.45. The quantitative estimate of drug-likeness (QED) is 0.663. The van der Waals surface area contributed by atoms with Crippen LogP contribution in [0.15, 0.2) is 0 Å². The molecular weight excluding hydrogens is 220 g/mol. The van der Waals surface area contributed by atoms with Gasteiger partial charge < -0.3 is 15.4 Å². The number of carbonyl (C=O) groups excluding carboxylic acids is 2. The first-order chi connectivity index (χ1) is 8.17. The van der Waals surface area contributed by atoms with Crippen molar-refractivity contribution in [1.82, 2.24) is 10.6 Å². The van der Waals surface area contributed by atoms with E-state index < -0.39 is 6.04 Å². The molecule has 0 saturated carbocycles. The van der Waals surface area contributed by atoms with Gasteiger partial charge in [-0.1, -0.05) is 6.92 Å². The van der Waals surface area contributed by atoms with Crippen molar-refractivity contribution in [3.8, 4) is 0 Å². The first-order valence-corrected chi connectivity index (χ1v) is 6.25. The first kappa shape index (κ1) is 14.0. The normalized spacial score (nSPS) is 20.9. The molecule has 1 heterocycles. The molecule has 0 aromatic rings. The highest BCUT2D eigenvalue weighted by Gasteiger charge is 2.20. The van der Waals surface area contributed by atoms with Gasteiger partial charge in [0.2, 0.25) is 5.91 Å². The topological polar surface area (TPSA) is 67.4 Å². The second-order valence-corrected chi connectivity index (χ2v) is 4.45. The molecule has 17 heavy (non-hydrogen) atoms. The van der Waals surface area contributed by atoms with Crippen LogP contribution in [0, 0.1) is 5.92 Å². The summed E-state index contributed by atoms with van der Waals surface area (Å²) in [4.78, 5) is 22.9. The third-order valence-corrected chi connectivity index (χ3v) is 3.17. The lowest BCUT2D eigenvalue weighted by molar-refractivity contribution is -0.145. The van der Waals surface area contributed by atoms with Crippen molar-refractivity contribution in [3.63, 3.8) is 0 Å². The van der Waals surface area contributed by atoms with Gasteiger partial charge in [0, 0.05) is 6.42 Å². The van der Waals surface area contributed by atoms with Gasteiger partial charge in [0.25, 0.3) is 0 Å². The largest absolute Gasteiger partial charge is 0.467 e. The number of carbonyl (C=O) groups is 2. The third-order valence-electron chi connectivity index (χ3n) is 3.17. The van der Waals surface area contributed by atoms with Gasteiger partial charge in [0.05, 0.1) is 7.11 Å². The van der Waals surface area contributed by atoms with Gasteiger partial charge >= 0.3 is 5.97 Å². The van der Waals surface area contributed by atoms with E-state index in [1.54, 1.807) is 0 Å². The summed E-state index contributed by atoms with van der Waals surface area (Å²) in [5.74, 6) is 0.163. The zero-order chi connectivity index (χ0) is 12.7. The molecule has 1 amide bonds. The van der Waals surface area contributed by atoms with E-state index in [9.17, 15) is 9.59 Å². The Hall–Kier alpha value is -1.10. The first-order valence-electron chi connectivity index (χ1n) is 6.25. The van der Waals surface area contributed by atoms with Gasteiger partial charge in [-0.3, -0.25) is 4.79 Å². The zero-order valence-electron chi connectivity index (χ0n) is 10.6. The minimum Gasteiger partial charge on any atom is -0.467 e. The van der Waals surface area contributed by atoms with Gasteiger partial charge in [-0.15, -0.1) is 0 Å². The minimum atomic E-state index is -0.505. The Morgan fingerprint density at radius 3 is 2.82 bits per heavy atom. The maximum atomic E-state index is 11.7. The number of nitrogens with one attached hydrogen (secondary N) is 2. The number of hydrogen-bond donors (Lipinski definition) is 2. The predicted molar refractivity (Wildman–Crippen MR) is 64.4 cm³/mol. The Bertz CT molecular complexity index is 262. The summed E-state index contributed by atoms with van der Waals surface area (Å²) < 4.78 is 4.62. The average molecular weight is 242 g/mol. The van der Waals surface area contributed by atoms with Crippen LogP contribution in [0.5, 0.6) is 0 Å². The number of rotatable bonds is 6. The Balaban J connectivity index is 2.24. The van der Waals surface area contributed by atoms with Crippen molar-refractivity contribution >= 4 is 11.9 Å². The van der Waals surface area contributed by atoms with Gasteiger partial charge in [-0.05, 0) is 38.3 Å². The number of ether oxygens (including phenoxy) is 1. The summed E-state index contributed by atoms with van der Waals surface area (Å²) in [5, 5.41) is 5.98. The van der Waals surface area contributed by atoms with E-state index in [0.29, 0.717) is 18.8 Å². The molecule has 5 heteroatoms. The molecule has 0 aliphatic carbocycles. The van der Waals surface area contributed by atoms with E-state index in [2.05, 4.69) is 15.4 Å². The van der Waals surface area contributed by atoms with Crippen LogP contribution in [0.1, 0.15) is 32.6 Å². The molecule has 2 unspecified atom stereocenters. The molecule has 1 fully saturated rings. The Labute approximate surface area is 102 Å². The minimum absolute atomic E-state index is 0.0610. The van der Waals surface area contributed by atoms with Crippen LogP contribution < -0.4 is 10.6 Å². The lowest BCUT2D eigenvalue weighted by atomic mass is 10.0. The number of esters is 1. The summed E-state index contributed by atoms with van der Waals surface area (Å²) >= 11 is 0. The zero-order valence-corrected chi connectivity index (χ0v) is 10.6. The van der Waals surface area contributed by atoms with E-state index in [1.807, 2.05) is 6.92 Å². The lowest BCUT2D eigenvalue weighted by Crippen LogP contribution is -2.41. The summed E-state index contributed by atoms with van der Waals surface area (Å²) in [5.41, 5.74) is 0. The highest BCUT2D eigenvalue weighted by atomic mass is 16.5. The summed E-state index contributed by atoms with van der Waals surface area (Å²) in [6, 6.07) is -0.505. The van der Waals surface area contributed by atoms with Crippen LogP contribution in [0.25, 0.3) is 0 Å². The molecule has 0 spiro atoms. The average Bonchev–Trinajstić information content (AvgIpc) is 2.85. The van der Waals surface area contributed by atoms with Crippen LogP contribution in [0.2, 0.25) is 0 Å². The molecule has 2 N–H and O–H groups in total. The molecule has 1 aliphatic rings. The SMILES string of the molecule is CCC(NC(=O)CCC1CCNC1)C(=O)OC. The van der Waals surface area contributed by atoms with E-state index in [1.165, 1.54) is 7.11 Å². The highest BCUT2D eigenvalue weighted by Crippen LogP contribution is 2.14. The number of hydrogen-bond acceptors (Lipinski definition) is 4. The second kappa shape index (κ2) is 7.27. The maximum absolute atomic E-state index is 11.7. The fourth-order valence-electron chi connectivity index (χ4n) is 2.03. The van der Waals surface area contributed by atoms with Gasteiger partial charge in [0.15, 0.2) is 0 Å². The molecule has 0 bridgehead atoms. The van der Waals surface area contributed by atoms with E-state index in [4.69, 9.17) is 0 Å². The van der Waals surface area contributed by atoms with E-state index in [-0.39, 0.29) is 11.9 Å². The molecule has 0 aromatic carbocycles. The smallest absolute Gasteiger partial charge is 0.328 e. The Morgan fingerprint density at radius 1 is 1.53 bits per heavy atom. The van der Waals surface area contributed by atoms with Crippen molar-refractivity contribution in [2.45, 2.75) is 38.6 Å². The monoisotopic (exact) mass is 242 g/mol. The van der Waals surface area contributed by atoms with Gasteiger partial charge in [-0.2, -0.15) is 0 Å². The van der Waals surface area contributed by atoms with E-state index >= 15 is 0 Å².